The molecule has 0 bridgehead atoms. The summed E-state index contributed by atoms with van der Waals surface area (Å²) >= 11 is 0. The lowest BCUT2D eigenvalue weighted by atomic mass is 9.86. The van der Waals surface area contributed by atoms with Crippen molar-refractivity contribution in [3.05, 3.63) is 35.0 Å². The molecule has 0 saturated carbocycles. The summed E-state index contributed by atoms with van der Waals surface area (Å²) in [6.45, 7) is 7.50. The molecule has 1 N–H and O–H groups in total. The van der Waals surface area contributed by atoms with Crippen molar-refractivity contribution in [3.8, 4) is 0 Å². The second-order valence-electron chi connectivity index (χ2n) is 5.17. The third-order valence-corrected chi connectivity index (χ3v) is 2.91. The second kappa shape index (κ2) is 3.30. The van der Waals surface area contributed by atoms with Crippen LogP contribution < -0.4 is 0 Å². The Hall–Kier alpha value is -1.38. The zero-order valence-electron chi connectivity index (χ0n) is 9.91. The molecule has 16 heavy (non-hydrogen) atoms. The molecule has 2 rings (SSSR count). The van der Waals surface area contributed by atoms with Gasteiger partial charge in [0, 0.05) is 17.1 Å². The van der Waals surface area contributed by atoms with Gasteiger partial charge < -0.3 is 4.98 Å². The number of rotatable bonds is 0. The normalized spacial score (nSPS) is 12.4. The maximum Gasteiger partial charge on any atom is 0.153 e. The topological polar surface area (TPSA) is 15.8 Å². The van der Waals surface area contributed by atoms with Gasteiger partial charge in [-0.05, 0) is 24.0 Å². The van der Waals surface area contributed by atoms with Crippen LogP contribution in [0.2, 0.25) is 0 Å². The summed E-state index contributed by atoms with van der Waals surface area (Å²) in [5.74, 6) is -0.986. The highest BCUT2D eigenvalue weighted by Gasteiger charge is 2.21. The van der Waals surface area contributed by atoms with E-state index in [1.165, 1.54) is 13.0 Å². The van der Waals surface area contributed by atoms with Crippen molar-refractivity contribution >= 4 is 10.9 Å². The Bertz CT molecular complexity index is 547. The third kappa shape index (κ3) is 1.51. The van der Waals surface area contributed by atoms with Crippen LogP contribution in [0.1, 0.15) is 31.9 Å². The van der Waals surface area contributed by atoms with Gasteiger partial charge in [0.2, 0.25) is 0 Å². The number of aromatic nitrogens is 1. The molecule has 0 unspecified atom stereocenters. The van der Waals surface area contributed by atoms with Gasteiger partial charge in [-0.2, -0.15) is 0 Å². The number of aromatic amines is 1. The maximum absolute atomic E-state index is 13.8. The fourth-order valence-corrected chi connectivity index (χ4v) is 1.91. The maximum atomic E-state index is 13.8. The predicted molar refractivity (Wildman–Crippen MR) is 61.7 cm³/mol. The molecular weight excluding hydrogens is 208 g/mol. The highest BCUT2D eigenvalue weighted by atomic mass is 19.1. The van der Waals surface area contributed by atoms with E-state index in [2.05, 4.69) is 4.98 Å². The van der Waals surface area contributed by atoms with Crippen LogP contribution in [0.25, 0.3) is 10.9 Å². The van der Waals surface area contributed by atoms with Gasteiger partial charge in [-0.25, -0.2) is 8.78 Å². The van der Waals surface area contributed by atoms with E-state index >= 15 is 0 Å². The minimum absolute atomic E-state index is 0.0646. The Kier molecular flexibility index (Phi) is 2.30. The Morgan fingerprint density at radius 1 is 1.19 bits per heavy atom. The molecule has 3 heteroatoms. The number of nitrogens with one attached hydrogen (secondary N) is 1. The van der Waals surface area contributed by atoms with Crippen molar-refractivity contribution in [1.82, 2.24) is 4.98 Å². The standard InChI is InChI=1S/C13H15F2N/c1-7-10(14)5-8-9(13(2,3)4)6-16-12(8)11(7)15/h5-6,16H,1-4H3. The zero-order valence-corrected chi connectivity index (χ0v) is 9.91. The first-order chi connectivity index (χ1) is 7.32. The van der Waals surface area contributed by atoms with Gasteiger partial charge in [0.25, 0.3) is 0 Å². The number of hydrogen-bond donors (Lipinski definition) is 1. The Labute approximate surface area is 93.5 Å². The van der Waals surface area contributed by atoms with Crippen LogP contribution in [0.4, 0.5) is 8.78 Å². The molecule has 0 spiro atoms. The van der Waals surface area contributed by atoms with E-state index < -0.39 is 11.6 Å². The summed E-state index contributed by atoms with van der Waals surface area (Å²) in [6.07, 6.45) is 1.76. The van der Waals surface area contributed by atoms with Crippen molar-refractivity contribution in [1.29, 1.82) is 0 Å². The summed E-state index contributed by atoms with van der Waals surface area (Å²) in [6, 6.07) is 1.41. The average molecular weight is 223 g/mol. The van der Waals surface area contributed by atoms with Crippen molar-refractivity contribution < 1.29 is 8.78 Å². The molecule has 0 aliphatic heterocycles. The van der Waals surface area contributed by atoms with Gasteiger partial charge in [-0.3, -0.25) is 0 Å². The fraction of sp³-hybridized carbons (Fsp3) is 0.385. The predicted octanol–water partition coefficient (Wildman–Crippen LogP) is 4.05. The first kappa shape index (κ1) is 11.1. The van der Waals surface area contributed by atoms with Gasteiger partial charge in [-0.15, -0.1) is 0 Å². The molecule has 86 valence electrons. The van der Waals surface area contributed by atoms with E-state index in [9.17, 15) is 8.78 Å². The molecule has 0 amide bonds. The minimum Gasteiger partial charge on any atom is -0.358 e. The molecule has 1 aromatic carbocycles. The van der Waals surface area contributed by atoms with E-state index in [-0.39, 0.29) is 11.0 Å². The summed E-state index contributed by atoms with van der Waals surface area (Å²) in [5, 5.41) is 0.633. The lowest BCUT2D eigenvalue weighted by Gasteiger charge is -2.17. The van der Waals surface area contributed by atoms with Crippen molar-refractivity contribution in [2.24, 2.45) is 0 Å². The lowest BCUT2D eigenvalue weighted by Crippen LogP contribution is -2.10. The molecule has 0 radical (unpaired) electrons. The van der Waals surface area contributed by atoms with E-state index in [1.54, 1.807) is 6.20 Å². The van der Waals surface area contributed by atoms with E-state index in [4.69, 9.17) is 0 Å². The Balaban J connectivity index is 2.84. The molecule has 0 aliphatic rings. The van der Waals surface area contributed by atoms with Crippen LogP contribution in [0.15, 0.2) is 12.3 Å². The molecule has 2 aromatic rings. The van der Waals surface area contributed by atoms with Crippen molar-refractivity contribution in [3.63, 3.8) is 0 Å². The number of hydrogen-bond acceptors (Lipinski definition) is 0. The number of halogens is 2. The first-order valence-electron chi connectivity index (χ1n) is 5.28. The number of fused-ring (bicyclic) bond motifs is 1. The third-order valence-electron chi connectivity index (χ3n) is 2.91. The highest BCUT2D eigenvalue weighted by molar-refractivity contribution is 5.85. The van der Waals surface area contributed by atoms with Crippen LogP contribution in [-0.2, 0) is 5.41 Å². The largest absolute Gasteiger partial charge is 0.358 e. The molecule has 0 saturated heterocycles. The first-order valence-corrected chi connectivity index (χ1v) is 5.28. The summed E-state index contributed by atoms with van der Waals surface area (Å²) in [7, 11) is 0. The lowest BCUT2D eigenvalue weighted by molar-refractivity contribution is 0.574. The van der Waals surface area contributed by atoms with Gasteiger partial charge >= 0.3 is 0 Å². The van der Waals surface area contributed by atoms with Crippen molar-refractivity contribution in [2.75, 3.05) is 0 Å². The van der Waals surface area contributed by atoms with Gasteiger partial charge in [0.05, 0.1) is 5.52 Å². The molecule has 1 nitrogen and oxygen atoms in total. The number of benzene rings is 1. The summed E-state index contributed by atoms with van der Waals surface area (Å²) in [5.41, 5.74) is 1.26. The molecular formula is C13H15F2N. The van der Waals surface area contributed by atoms with Crippen LogP contribution in [0.3, 0.4) is 0 Å². The van der Waals surface area contributed by atoms with Crippen LogP contribution >= 0.6 is 0 Å². The highest BCUT2D eigenvalue weighted by Crippen LogP contribution is 2.32. The summed E-state index contributed by atoms with van der Waals surface area (Å²) < 4.78 is 27.3. The monoisotopic (exact) mass is 223 g/mol. The van der Waals surface area contributed by atoms with Crippen LogP contribution in [0.5, 0.6) is 0 Å². The molecule has 0 fully saturated rings. The molecule has 1 heterocycles. The van der Waals surface area contributed by atoms with Crippen LogP contribution in [-0.4, -0.2) is 4.98 Å². The molecule has 1 aromatic heterocycles. The fourth-order valence-electron chi connectivity index (χ4n) is 1.91. The van der Waals surface area contributed by atoms with Gasteiger partial charge in [0.1, 0.15) is 5.82 Å². The Morgan fingerprint density at radius 2 is 1.81 bits per heavy atom. The second-order valence-corrected chi connectivity index (χ2v) is 5.17. The SMILES string of the molecule is Cc1c(F)cc2c(C(C)(C)C)c[nH]c2c1F. The van der Waals surface area contributed by atoms with Gasteiger partial charge in [-0.1, -0.05) is 20.8 Å². The summed E-state index contributed by atoms with van der Waals surface area (Å²) in [4.78, 5) is 2.89. The quantitative estimate of drug-likeness (QED) is 0.693. The van der Waals surface area contributed by atoms with Crippen LogP contribution in [0, 0.1) is 18.6 Å². The molecule has 0 aliphatic carbocycles. The van der Waals surface area contributed by atoms with Crippen molar-refractivity contribution in [2.45, 2.75) is 33.1 Å². The van der Waals surface area contributed by atoms with E-state index in [1.807, 2.05) is 20.8 Å². The van der Waals surface area contributed by atoms with E-state index in [0.717, 1.165) is 5.56 Å². The zero-order chi connectivity index (χ0) is 12.1. The van der Waals surface area contributed by atoms with Gasteiger partial charge in [0.15, 0.2) is 5.82 Å². The molecule has 0 atom stereocenters. The minimum atomic E-state index is -0.495. The number of H-pyrrole nitrogens is 1. The smallest absolute Gasteiger partial charge is 0.153 e. The Morgan fingerprint density at radius 3 is 2.38 bits per heavy atom. The van der Waals surface area contributed by atoms with E-state index in [0.29, 0.717) is 10.9 Å². The average Bonchev–Trinajstić information content (AvgIpc) is 2.57.